The predicted octanol–water partition coefficient (Wildman–Crippen LogP) is 6.04. The largest absolute Gasteiger partial charge is 0.385 e. The van der Waals surface area contributed by atoms with Gasteiger partial charge in [-0.25, -0.2) is 8.78 Å². The summed E-state index contributed by atoms with van der Waals surface area (Å²) in [4.78, 5) is 0. The maximum atomic E-state index is 13.4. The molecule has 1 nitrogen and oxygen atoms in total. The summed E-state index contributed by atoms with van der Waals surface area (Å²) in [5.41, 5.74) is 3.03. The molecule has 2 aromatic carbocycles. The maximum Gasteiger partial charge on any atom is 0.159 e. The second-order valence-corrected chi connectivity index (χ2v) is 9.87. The van der Waals surface area contributed by atoms with Gasteiger partial charge in [-0.2, -0.15) is 0 Å². The van der Waals surface area contributed by atoms with Crippen LogP contribution in [0.25, 0.3) is 11.1 Å². The van der Waals surface area contributed by atoms with Gasteiger partial charge in [-0.05, 0) is 54.0 Å². The average molecular weight is 360 g/mol. The first-order chi connectivity index (χ1) is 12.2. The Morgan fingerprint density at radius 1 is 0.960 bits per heavy atom. The molecular weight excluding hydrogens is 334 g/mol. The van der Waals surface area contributed by atoms with Gasteiger partial charge in [0, 0.05) is 22.5 Å². The molecule has 1 radical (unpaired) electrons. The average Bonchev–Trinajstić information content (AvgIpc) is 2.65. The Morgan fingerprint density at radius 3 is 2.28 bits per heavy atom. The third-order valence-corrected chi connectivity index (χ3v) is 8.26. The number of methoxy groups -OCH3 is 1. The molecule has 25 heavy (non-hydrogen) atoms. The summed E-state index contributed by atoms with van der Waals surface area (Å²) in [5, 5.41) is 0. The molecule has 0 spiro atoms. The van der Waals surface area contributed by atoms with E-state index in [0.717, 1.165) is 17.7 Å². The molecule has 0 N–H and O–H groups in total. The summed E-state index contributed by atoms with van der Waals surface area (Å²) in [5.74, 6) is -0.946. The molecule has 0 bridgehead atoms. The Labute approximate surface area is 150 Å². The van der Waals surface area contributed by atoms with Crippen molar-refractivity contribution < 1.29 is 13.5 Å². The molecule has 1 fully saturated rings. The Balaban J connectivity index is 1.59. The van der Waals surface area contributed by atoms with E-state index < -0.39 is 11.6 Å². The lowest BCUT2D eigenvalue weighted by molar-refractivity contribution is 0.199. The van der Waals surface area contributed by atoms with Gasteiger partial charge in [-0.15, -0.1) is 0 Å². The highest BCUT2D eigenvalue weighted by Gasteiger charge is 2.23. The van der Waals surface area contributed by atoms with Crippen LogP contribution in [-0.2, 0) is 4.74 Å². The first-order valence-electron chi connectivity index (χ1n) is 9.05. The van der Waals surface area contributed by atoms with Gasteiger partial charge in [0.05, 0.1) is 0 Å². The summed E-state index contributed by atoms with van der Waals surface area (Å²) >= 11 is 0. The number of ether oxygens (including phenoxy) is 1. The highest BCUT2D eigenvalue weighted by atomic mass is 28.3. The molecule has 0 atom stereocenters. The molecule has 0 amide bonds. The van der Waals surface area contributed by atoms with Crippen LogP contribution in [0.15, 0.2) is 42.5 Å². The van der Waals surface area contributed by atoms with Gasteiger partial charge in [-0.3, -0.25) is 0 Å². The fourth-order valence-corrected chi connectivity index (χ4v) is 6.61. The topological polar surface area (TPSA) is 9.23 Å². The third-order valence-electron chi connectivity index (χ3n) is 5.21. The summed E-state index contributed by atoms with van der Waals surface area (Å²) in [6.07, 6.45) is 3.77. The van der Waals surface area contributed by atoms with Crippen LogP contribution in [0, 0.1) is 11.6 Å². The Bertz CT molecular complexity index is 679. The lowest BCUT2D eigenvalue weighted by Crippen LogP contribution is -2.20. The lowest BCUT2D eigenvalue weighted by Gasteiger charge is -2.28. The van der Waals surface area contributed by atoms with Crippen LogP contribution in [0.5, 0.6) is 0 Å². The normalized spacial score (nSPS) is 16.3. The molecule has 1 aliphatic heterocycles. The van der Waals surface area contributed by atoms with Crippen molar-refractivity contribution in [3.8, 4) is 11.1 Å². The predicted molar refractivity (Wildman–Crippen MR) is 100 cm³/mol. The maximum absolute atomic E-state index is 13.4. The summed E-state index contributed by atoms with van der Waals surface area (Å²) in [7, 11) is 1.60. The van der Waals surface area contributed by atoms with Gasteiger partial charge in [0.2, 0.25) is 0 Å². The van der Waals surface area contributed by atoms with E-state index in [1.165, 1.54) is 55.1 Å². The minimum atomic E-state index is -0.800. The van der Waals surface area contributed by atoms with E-state index >= 15 is 0 Å². The van der Waals surface area contributed by atoms with Crippen molar-refractivity contribution in [2.45, 2.75) is 43.3 Å². The lowest BCUT2D eigenvalue weighted by atomic mass is 9.92. The van der Waals surface area contributed by atoms with E-state index in [1.807, 2.05) is 12.1 Å². The van der Waals surface area contributed by atoms with Gasteiger partial charge in [0.1, 0.15) is 0 Å². The minimum absolute atomic E-state index is 0.177. The third kappa shape index (κ3) is 4.76. The molecule has 1 aliphatic rings. The first-order valence-corrected chi connectivity index (χ1v) is 11.2. The molecule has 4 heteroatoms. The quantitative estimate of drug-likeness (QED) is 0.451. The first kappa shape index (κ1) is 18.3. The standard InChI is InChI=1S/C21H25F2OSi/c1-24-11-2-12-25-13-9-18(10-14-25)16-3-5-17(6-4-16)19-7-8-20(22)21(23)15-19/h3-8,15,18H,2,9-14H2,1H3. The monoisotopic (exact) mass is 359 g/mol. The van der Waals surface area contributed by atoms with Crippen molar-refractivity contribution in [2.24, 2.45) is 0 Å². The van der Waals surface area contributed by atoms with Crippen LogP contribution in [0.4, 0.5) is 8.78 Å². The van der Waals surface area contributed by atoms with Gasteiger partial charge in [0.25, 0.3) is 0 Å². The van der Waals surface area contributed by atoms with E-state index in [4.69, 9.17) is 4.74 Å². The van der Waals surface area contributed by atoms with Crippen molar-refractivity contribution in [1.82, 2.24) is 0 Å². The molecule has 0 aromatic heterocycles. The van der Waals surface area contributed by atoms with Crippen molar-refractivity contribution in [1.29, 1.82) is 0 Å². The van der Waals surface area contributed by atoms with Crippen LogP contribution in [0.3, 0.4) is 0 Å². The molecule has 1 saturated heterocycles. The van der Waals surface area contributed by atoms with E-state index in [0.29, 0.717) is 5.92 Å². The van der Waals surface area contributed by atoms with Gasteiger partial charge < -0.3 is 4.74 Å². The second kappa shape index (κ2) is 8.72. The van der Waals surface area contributed by atoms with Crippen LogP contribution >= 0.6 is 0 Å². The molecule has 0 aliphatic carbocycles. The molecule has 1 heterocycles. The van der Waals surface area contributed by atoms with Gasteiger partial charge >= 0.3 is 0 Å². The van der Waals surface area contributed by atoms with E-state index in [1.54, 1.807) is 13.2 Å². The van der Waals surface area contributed by atoms with Crippen LogP contribution < -0.4 is 0 Å². The number of rotatable bonds is 6. The van der Waals surface area contributed by atoms with Crippen LogP contribution in [0.1, 0.15) is 30.7 Å². The number of halogens is 2. The van der Waals surface area contributed by atoms with Crippen LogP contribution in [0.2, 0.25) is 18.1 Å². The van der Waals surface area contributed by atoms with Crippen LogP contribution in [-0.4, -0.2) is 22.5 Å². The van der Waals surface area contributed by atoms with Crippen molar-refractivity contribution >= 4 is 8.80 Å². The molecule has 0 unspecified atom stereocenters. The van der Waals surface area contributed by atoms with Gasteiger partial charge in [-0.1, -0.05) is 48.5 Å². The number of hydrogen-bond acceptors (Lipinski definition) is 1. The Morgan fingerprint density at radius 2 is 1.64 bits per heavy atom. The van der Waals surface area contributed by atoms with Crippen molar-refractivity contribution in [3.05, 3.63) is 59.7 Å². The molecule has 3 rings (SSSR count). The Hall–Kier alpha value is -1.52. The highest BCUT2D eigenvalue weighted by molar-refractivity contribution is 6.59. The number of benzene rings is 2. The zero-order chi connectivity index (χ0) is 17.6. The fraction of sp³-hybridized carbons (Fsp3) is 0.429. The molecule has 0 saturated carbocycles. The van der Waals surface area contributed by atoms with E-state index in [-0.39, 0.29) is 8.80 Å². The summed E-state index contributed by atoms with van der Waals surface area (Å²) in [6, 6.07) is 16.6. The zero-order valence-electron chi connectivity index (χ0n) is 14.7. The van der Waals surface area contributed by atoms with Crippen molar-refractivity contribution in [3.63, 3.8) is 0 Å². The smallest absolute Gasteiger partial charge is 0.159 e. The summed E-state index contributed by atoms with van der Waals surface area (Å²) in [6.45, 7) is 0.892. The zero-order valence-corrected chi connectivity index (χ0v) is 15.7. The molecule has 2 aromatic rings. The summed E-state index contributed by atoms with van der Waals surface area (Å²) < 4.78 is 31.6. The Kier molecular flexibility index (Phi) is 6.38. The molecular formula is C21H25F2OSi. The molecule has 133 valence electrons. The van der Waals surface area contributed by atoms with Gasteiger partial charge in [0.15, 0.2) is 11.6 Å². The highest BCUT2D eigenvalue weighted by Crippen LogP contribution is 2.35. The second-order valence-electron chi connectivity index (χ2n) is 6.87. The van der Waals surface area contributed by atoms with Crippen molar-refractivity contribution in [2.75, 3.05) is 13.7 Å². The van der Waals surface area contributed by atoms with E-state index in [2.05, 4.69) is 12.1 Å². The fourth-order valence-electron chi connectivity index (χ4n) is 3.70. The SMILES string of the molecule is COCCC[Si]1CCC(c2ccc(-c3ccc(F)c(F)c3)cc2)CC1. The minimum Gasteiger partial charge on any atom is -0.385 e. The van der Waals surface area contributed by atoms with E-state index in [9.17, 15) is 8.78 Å². The number of hydrogen-bond donors (Lipinski definition) is 0.